The lowest BCUT2D eigenvalue weighted by atomic mass is 9.58. The van der Waals surface area contributed by atoms with E-state index >= 15 is 0 Å². The van der Waals surface area contributed by atoms with Gasteiger partial charge in [-0.15, -0.1) is 0 Å². The molecule has 1 aliphatic heterocycles. The first-order valence-electron chi connectivity index (χ1n) is 7.09. The first kappa shape index (κ1) is 10.1. The number of nitrogens with one attached hydrogen (secondary N) is 1. The molecule has 2 atom stereocenters. The highest BCUT2D eigenvalue weighted by Gasteiger charge is 2.41. The number of rotatable bonds is 0. The second-order valence-corrected chi connectivity index (χ2v) is 6.30. The first-order valence-corrected chi connectivity index (χ1v) is 7.09. The van der Waals surface area contributed by atoms with Gasteiger partial charge in [0, 0.05) is 0 Å². The topological polar surface area (TPSA) is 12.0 Å². The van der Waals surface area contributed by atoms with Crippen molar-refractivity contribution in [1.82, 2.24) is 5.32 Å². The molecule has 1 heteroatoms. The van der Waals surface area contributed by atoms with E-state index < -0.39 is 0 Å². The molecule has 3 aliphatic rings. The molecule has 86 valence electrons. The van der Waals surface area contributed by atoms with E-state index in [1.54, 1.807) is 32.1 Å². The van der Waals surface area contributed by atoms with E-state index in [2.05, 4.69) is 5.32 Å². The van der Waals surface area contributed by atoms with E-state index in [-0.39, 0.29) is 0 Å². The summed E-state index contributed by atoms with van der Waals surface area (Å²) < 4.78 is 0. The van der Waals surface area contributed by atoms with E-state index in [1.807, 2.05) is 0 Å². The van der Waals surface area contributed by atoms with Crippen molar-refractivity contribution in [2.45, 2.75) is 57.8 Å². The van der Waals surface area contributed by atoms with E-state index in [0.717, 1.165) is 17.3 Å². The van der Waals surface area contributed by atoms with E-state index in [9.17, 15) is 0 Å². The predicted octanol–water partition coefficient (Wildman–Crippen LogP) is 3.35. The van der Waals surface area contributed by atoms with Crippen molar-refractivity contribution in [3.8, 4) is 0 Å². The molecule has 2 aliphatic carbocycles. The Hall–Kier alpha value is -0.0400. The van der Waals surface area contributed by atoms with Gasteiger partial charge in [0.1, 0.15) is 0 Å². The fourth-order valence-electron chi connectivity index (χ4n) is 4.49. The van der Waals surface area contributed by atoms with Crippen LogP contribution in [0.2, 0.25) is 0 Å². The maximum absolute atomic E-state index is 3.53. The summed E-state index contributed by atoms with van der Waals surface area (Å²) in [5, 5.41) is 3.53. The van der Waals surface area contributed by atoms with Crippen molar-refractivity contribution in [2.75, 3.05) is 13.1 Å². The molecule has 0 unspecified atom stereocenters. The molecular formula is C14H25N. The number of hydrogen-bond acceptors (Lipinski definition) is 1. The third kappa shape index (κ3) is 1.95. The summed E-state index contributed by atoms with van der Waals surface area (Å²) in [4.78, 5) is 0. The molecular weight excluding hydrogens is 182 g/mol. The third-order valence-corrected chi connectivity index (χ3v) is 5.47. The van der Waals surface area contributed by atoms with E-state index in [4.69, 9.17) is 0 Å². The molecule has 1 spiro atoms. The summed E-state index contributed by atoms with van der Waals surface area (Å²) in [7, 11) is 0. The van der Waals surface area contributed by atoms with Crippen LogP contribution >= 0.6 is 0 Å². The molecule has 3 rings (SSSR count). The van der Waals surface area contributed by atoms with Crippen LogP contribution in [0.4, 0.5) is 0 Å². The number of hydrogen-bond donors (Lipinski definition) is 1. The van der Waals surface area contributed by atoms with E-state index in [0.29, 0.717) is 0 Å². The molecule has 0 radical (unpaired) electrons. The summed E-state index contributed by atoms with van der Waals surface area (Å²) in [6, 6.07) is 0. The fourth-order valence-corrected chi connectivity index (χ4v) is 4.49. The highest BCUT2D eigenvalue weighted by atomic mass is 14.9. The normalized spacial score (nSPS) is 40.0. The van der Waals surface area contributed by atoms with E-state index in [1.165, 1.54) is 38.8 Å². The summed E-state index contributed by atoms with van der Waals surface area (Å²) in [6.45, 7) is 2.58. The summed E-state index contributed by atoms with van der Waals surface area (Å²) >= 11 is 0. The minimum atomic E-state index is 0.782. The highest BCUT2D eigenvalue weighted by Crippen LogP contribution is 2.51. The molecule has 0 aromatic rings. The number of piperidine rings is 1. The first-order chi connectivity index (χ1) is 7.38. The van der Waals surface area contributed by atoms with Gasteiger partial charge in [-0.05, 0) is 62.4 Å². The zero-order valence-electron chi connectivity index (χ0n) is 9.93. The standard InChI is InChI=1S/C14H25N/c1-2-4-13-11-14(6-5-12(13)3-1)7-9-15-10-8-14/h12-13,15H,1-11H2/t12-,13+/m1/s1. The van der Waals surface area contributed by atoms with Gasteiger partial charge in [-0.1, -0.05) is 25.7 Å². The Balaban J connectivity index is 1.68. The molecule has 0 aromatic carbocycles. The Bertz CT molecular complexity index is 217. The summed E-state index contributed by atoms with van der Waals surface area (Å²) in [5.41, 5.74) is 0.782. The second kappa shape index (κ2) is 4.08. The lowest BCUT2D eigenvalue weighted by molar-refractivity contribution is 0.0354. The predicted molar refractivity (Wildman–Crippen MR) is 63.8 cm³/mol. The Kier molecular flexibility index (Phi) is 2.76. The summed E-state index contributed by atoms with van der Waals surface area (Å²) in [6.07, 6.45) is 13.8. The number of fused-ring (bicyclic) bond motifs is 1. The smallest absolute Gasteiger partial charge is 0.00436 e. The molecule has 1 saturated heterocycles. The second-order valence-electron chi connectivity index (χ2n) is 6.30. The van der Waals surface area contributed by atoms with Crippen LogP contribution in [0.25, 0.3) is 0 Å². The van der Waals surface area contributed by atoms with Crippen molar-refractivity contribution in [2.24, 2.45) is 17.3 Å². The minimum Gasteiger partial charge on any atom is -0.317 e. The van der Waals surface area contributed by atoms with Gasteiger partial charge in [-0.2, -0.15) is 0 Å². The quantitative estimate of drug-likeness (QED) is 0.642. The molecule has 3 fully saturated rings. The van der Waals surface area contributed by atoms with Gasteiger partial charge < -0.3 is 5.32 Å². The molecule has 1 N–H and O–H groups in total. The van der Waals surface area contributed by atoms with Crippen LogP contribution in [0.1, 0.15) is 57.8 Å². The van der Waals surface area contributed by atoms with Gasteiger partial charge >= 0.3 is 0 Å². The van der Waals surface area contributed by atoms with Crippen molar-refractivity contribution >= 4 is 0 Å². The zero-order chi connectivity index (χ0) is 10.1. The van der Waals surface area contributed by atoms with Crippen molar-refractivity contribution in [3.63, 3.8) is 0 Å². The lowest BCUT2D eigenvalue weighted by Gasteiger charge is -2.48. The largest absolute Gasteiger partial charge is 0.317 e. The van der Waals surface area contributed by atoms with Crippen LogP contribution in [-0.4, -0.2) is 13.1 Å². The van der Waals surface area contributed by atoms with Crippen LogP contribution < -0.4 is 5.32 Å². The molecule has 1 heterocycles. The van der Waals surface area contributed by atoms with Crippen LogP contribution in [0.3, 0.4) is 0 Å². The van der Waals surface area contributed by atoms with Gasteiger partial charge in [0.25, 0.3) is 0 Å². The minimum absolute atomic E-state index is 0.782. The maximum Gasteiger partial charge on any atom is -0.00436 e. The molecule has 0 aromatic heterocycles. The van der Waals surface area contributed by atoms with Crippen LogP contribution in [0, 0.1) is 17.3 Å². The molecule has 0 amide bonds. The molecule has 1 nitrogen and oxygen atoms in total. The van der Waals surface area contributed by atoms with Crippen LogP contribution in [-0.2, 0) is 0 Å². The van der Waals surface area contributed by atoms with Gasteiger partial charge in [0.2, 0.25) is 0 Å². The van der Waals surface area contributed by atoms with Gasteiger partial charge in [0.15, 0.2) is 0 Å². The molecule has 0 bridgehead atoms. The molecule has 15 heavy (non-hydrogen) atoms. The zero-order valence-corrected chi connectivity index (χ0v) is 9.93. The highest BCUT2D eigenvalue weighted by molar-refractivity contribution is 4.93. The van der Waals surface area contributed by atoms with Crippen LogP contribution in [0.15, 0.2) is 0 Å². The van der Waals surface area contributed by atoms with Crippen molar-refractivity contribution in [1.29, 1.82) is 0 Å². The third-order valence-electron chi connectivity index (χ3n) is 5.47. The average Bonchev–Trinajstić information content (AvgIpc) is 2.30. The van der Waals surface area contributed by atoms with Gasteiger partial charge in [0.05, 0.1) is 0 Å². The summed E-state index contributed by atoms with van der Waals surface area (Å²) in [5.74, 6) is 2.24. The Morgan fingerprint density at radius 3 is 2.33 bits per heavy atom. The average molecular weight is 207 g/mol. The SMILES string of the molecule is C1CC[C@H]2CC3(CCNCC3)CC[C@H]2C1. The molecule has 2 saturated carbocycles. The Labute approximate surface area is 94.0 Å². The monoisotopic (exact) mass is 207 g/mol. The lowest BCUT2D eigenvalue weighted by Crippen LogP contribution is -2.42. The fraction of sp³-hybridized carbons (Fsp3) is 1.00. The maximum atomic E-state index is 3.53. The Morgan fingerprint density at radius 2 is 1.53 bits per heavy atom. The van der Waals surface area contributed by atoms with Crippen molar-refractivity contribution in [3.05, 3.63) is 0 Å². The van der Waals surface area contributed by atoms with Gasteiger partial charge in [-0.3, -0.25) is 0 Å². The van der Waals surface area contributed by atoms with Crippen molar-refractivity contribution < 1.29 is 0 Å². The van der Waals surface area contributed by atoms with Gasteiger partial charge in [-0.25, -0.2) is 0 Å². The Morgan fingerprint density at radius 1 is 0.800 bits per heavy atom. The van der Waals surface area contributed by atoms with Crippen LogP contribution in [0.5, 0.6) is 0 Å².